The second-order valence-corrected chi connectivity index (χ2v) is 9.25. The van der Waals surface area contributed by atoms with Crippen LogP contribution in [0.15, 0.2) is 23.3 Å². The molecule has 3 rings (SSSR count). The van der Waals surface area contributed by atoms with E-state index in [9.17, 15) is 18.4 Å². The van der Waals surface area contributed by atoms with Crippen LogP contribution >= 0.6 is 23.5 Å². The van der Waals surface area contributed by atoms with Gasteiger partial charge in [-0.25, -0.2) is 8.78 Å². The Labute approximate surface area is 181 Å². The summed E-state index contributed by atoms with van der Waals surface area (Å²) in [5, 5.41) is 9.91. The van der Waals surface area contributed by atoms with Crippen molar-refractivity contribution in [2.24, 2.45) is 5.10 Å². The van der Waals surface area contributed by atoms with Gasteiger partial charge in [0.1, 0.15) is 4.71 Å². The summed E-state index contributed by atoms with van der Waals surface area (Å²) >= 11 is 2.71. The normalized spacial score (nSPS) is 21.6. The number of ether oxygens (including phenoxy) is 1. The van der Waals surface area contributed by atoms with E-state index < -0.39 is 11.6 Å². The molecule has 0 aromatic heterocycles. The zero-order valence-corrected chi connectivity index (χ0v) is 18.0. The van der Waals surface area contributed by atoms with Gasteiger partial charge in [-0.2, -0.15) is 5.10 Å². The van der Waals surface area contributed by atoms with Crippen molar-refractivity contribution in [2.45, 2.75) is 24.3 Å². The fourth-order valence-electron chi connectivity index (χ4n) is 2.92. The van der Waals surface area contributed by atoms with Crippen LogP contribution in [0.3, 0.4) is 0 Å². The second-order valence-electron chi connectivity index (χ2n) is 6.77. The third-order valence-corrected chi connectivity index (χ3v) is 6.55. The molecule has 1 fully saturated rings. The number of amides is 2. The van der Waals surface area contributed by atoms with Crippen molar-refractivity contribution >= 4 is 40.5 Å². The minimum absolute atomic E-state index is 0.128. The van der Waals surface area contributed by atoms with Gasteiger partial charge in [-0.1, -0.05) is 6.07 Å². The number of carbonyl (C=O) groups excluding carboxylic acids is 2. The van der Waals surface area contributed by atoms with E-state index >= 15 is 0 Å². The van der Waals surface area contributed by atoms with Gasteiger partial charge in [-0.05, 0) is 29.5 Å². The van der Waals surface area contributed by atoms with Gasteiger partial charge in [0.25, 0.3) is 0 Å². The number of halogens is 2. The maximum atomic E-state index is 13.4. The quantitative estimate of drug-likeness (QED) is 0.561. The number of amidine groups is 1. The Hall–Kier alpha value is -1.89. The number of thioether (sulfide) groups is 2. The van der Waals surface area contributed by atoms with Crippen molar-refractivity contribution < 1.29 is 23.1 Å². The summed E-state index contributed by atoms with van der Waals surface area (Å²) in [7, 11) is 0. The van der Waals surface area contributed by atoms with Gasteiger partial charge in [-0.3, -0.25) is 19.9 Å². The summed E-state index contributed by atoms with van der Waals surface area (Å²) in [4.78, 5) is 25.2. The summed E-state index contributed by atoms with van der Waals surface area (Å²) in [6.45, 7) is 4.03. The van der Waals surface area contributed by atoms with Crippen molar-refractivity contribution in [1.29, 1.82) is 0 Å². The van der Waals surface area contributed by atoms with Crippen LogP contribution < -0.4 is 16.1 Å². The number of nitrogens with zero attached hydrogens (tertiary/aromatic N) is 2. The second kappa shape index (κ2) is 10.9. The summed E-state index contributed by atoms with van der Waals surface area (Å²) in [5.41, 5.74) is 3.54. The highest BCUT2D eigenvalue weighted by molar-refractivity contribution is 8.25. The molecule has 0 bridgehead atoms. The molecule has 1 aromatic rings. The molecule has 12 heteroatoms. The van der Waals surface area contributed by atoms with E-state index in [1.165, 1.54) is 36.5 Å². The number of nitrogens with one attached hydrogen (secondary N) is 3. The summed E-state index contributed by atoms with van der Waals surface area (Å²) in [6, 6.07) is 3.90. The van der Waals surface area contributed by atoms with Crippen molar-refractivity contribution in [3.05, 3.63) is 35.4 Å². The van der Waals surface area contributed by atoms with Crippen molar-refractivity contribution in [3.63, 3.8) is 0 Å². The number of hydrogen-bond donors (Lipinski definition) is 3. The maximum absolute atomic E-state index is 13.4. The molecule has 2 heterocycles. The van der Waals surface area contributed by atoms with E-state index in [0.717, 1.165) is 6.07 Å². The highest BCUT2D eigenvalue weighted by Crippen LogP contribution is 2.25. The van der Waals surface area contributed by atoms with Crippen LogP contribution in [0, 0.1) is 11.6 Å². The van der Waals surface area contributed by atoms with Gasteiger partial charge >= 0.3 is 0 Å². The molecule has 30 heavy (non-hydrogen) atoms. The van der Waals surface area contributed by atoms with Gasteiger partial charge in [0, 0.05) is 33.1 Å². The number of hydrazone groups is 1. The Bertz CT molecular complexity index is 814. The minimum Gasteiger partial charge on any atom is -0.374 e. The minimum atomic E-state index is -0.858. The molecule has 2 atom stereocenters. The van der Waals surface area contributed by atoms with Crippen molar-refractivity contribution in [2.75, 3.05) is 32.0 Å². The molecule has 0 saturated carbocycles. The monoisotopic (exact) mass is 459 g/mol. The molecule has 3 N–H and O–H groups in total. The van der Waals surface area contributed by atoms with Gasteiger partial charge in [0.05, 0.1) is 18.5 Å². The third-order valence-electron chi connectivity index (χ3n) is 4.28. The Morgan fingerprint density at radius 1 is 1.40 bits per heavy atom. The standard InChI is InChI=1S/C18H23F2N5O3S2/c1-11(26)22-17-23-24-18(30-17)29-10-16(27)21-7-13-9-25(4-5-28-13)8-12-2-3-14(19)15(20)6-12/h2-3,6,13,18,24H,4-5,7-10H2,1H3,(H,21,27)(H,22,23,26)/t13-,18?/m0/s1. The van der Waals surface area contributed by atoms with E-state index in [0.29, 0.717) is 43.5 Å². The first-order valence-corrected chi connectivity index (χ1v) is 11.3. The molecular weight excluding hydrogens is 436 g/mol. The molecule has 1 aromatic carbocycles. The van der Waals surface area contributed by atoms with Crippen LogP contribution in [0.4, 0.5) is 8.78 Å². The number of morpholine rings is 1. The van der Waals surface area contributed by atoms with Crippen LogP contribution in [0.25, 0.3) is 0 Å². The lowest BCUT2D eigenvalue weighted by Gasteiger charge is -2.33. The summed E-state index contributed by atoms with van der Waals surface area (Å²) in [5.74, 6) is -1.80. The molecule has 2 aliphatic rings. The molecule has 2 aliphatic heterocycles. The zero-order chi connectivity index (χ0) is 21.5. The topological polar surface area (TPSA) is 95.1 Å². The largest absolute Gasteiger partial charge is 0.374 e. The highest BCUT2D eigenvalue weighted by atomic mass is 32.2. The molecule has 0 radical (unpaired) electrons. The average molecular weight is 460 g/mol. The molecule has 164 valence electrons. The van der Waals surface area contributed by atoms with E-state index in [4.69, 9.17) is 4.74 Å². The lowest BCUT2D eigenvalue weighted by Crippen LogP contribution is -2.47. The molecule has 0 aliphatic carbocycles. The number of rotatable bonds is 7. The number of benzene rings is 1. The van der Waals surface area contributed by atoms with Gasteiger partial charge < -0.3 is 15.4 Å². The Morgan fingerprint density at radius 3 is 3.00 bits per heavy atom. The van der Waals surface area contributed by atoms with E-state index in [1.54, 1.807) is 6.07 Å². The first-order chi connectivity index (χ1) is 14.4. The molecule has 8 nitrogen and oxygen atoms in total. The van der Waals surface area contributed by atoms with E-state index in [1.807, 2.05) is 0 Å². The number of hydrogen-bond acceptors (Lipinski definition) is 8. The van der Waals surface area contributed by atoms with Gasteiger partial charge in [0.2, 0.25) is 11.8 Å². The van der Waals surface area contributed by atoms with Gasteiger partial charge in [0.15, 0.2) is 16.8 Å². The van der Waals surface area contributed by atoms with Crippen LogP contribution in [0.1, 0.15) is 12.5 Å². The van der Waals surface area contributed by atoms with Crippen LogP contribution in [-0.4, -0.2) is 64.7 Å². The van der Waals surface area contributed by atoms with E-state index in [2.05, 4.69) is 26.1 Å². The Kier molecular flexibility index (Phi) is 8.31. The lowest BCUT2D eigenvalue weighted by molar-refractivity contribution is -0.120. The van der Waals surface area contributed by atoms with Gasteiger partial charge in [-0.15, -0.1) is 11.8 Å². The first-order valence-electron chi connectivity index (χ1n) is 9.32. The molecular formula is C18H23F2N5O3S2. The predicted octanol–water partition coefficient (Wildman–Crippen LogP) is 1.04. The Morgan fingerprint density at radius 2 is 2.23 bits per heavy atom. The molecule has 1 unspecified atom stereocenters. The third kappa shape index (κ3) is 7.11. The SMILES string of the molecule is CC(=O)NC1=NNC(SCC(=O)NC[C@H]2CN(Cc3ccc(F)c(F)c3)CCO2)S1. The zero-order valence-electron chi connectivity index (χ0n) is 16.3. The van der Waals surface area contributed by atoms with Crippen molar-refractivity contribution in [3.8, 4) is 0 Å². The van der Waals surface area contributed by atoms with Crippen LogP contribution in [-0.2, 0) is 20.9 Å². The smallest absolute Gasteiger partial charge is 0.230 e. The van der Waals surface area contributed by atoms with Crippen LogP contribution in [0.5, 0.6) is 0 Å². The average Bonchev–Trinajstić information content (AvgIpc) is 3.14. The molecule has 0 spiro atoms. The first kappa shape index (κ1) is 22.8. The fourth-order valence-corrected chi connectivity index (χ4v) is 4.82. The predicted molar refractivity (Wildman–Crippen MR) is 113 cm³/mol. The Balaban J connectivity index is 1.34. The van der Waals surface area contributed by atoms with E-state index in [-0.39, 0.29) is 28.4 Å². The number of carbonyl (C=O) groups is 2. The highest BCUT2D eigenvalue weighted by Gasteiger charge is 2.23. The molecule has 2 amide bonds. The summed E-state index contributed by atoms with van der Waals surface area (Å²) < 4.78 is 32.0. The van der Waals surface area contributed by atoms with Crippen LogP contribution in [0.2, 0.25) is 0 Å². The fraction of sp³-hybridized carbons (Fsp3) is 0.500. The van der Waals surface area contributed by atoms with Crippen molar-refractivity contribution in [1.82, 2.24) is 21.0 Å². The molecule has 1 saturated heterocycles. The lowest BCUT2D eigenvalue weighted by atomic mass is 10.1. The summed E-state index contributed by atoms with van der Waals surface area (Å²) in [6.07, 6.45) is -0.174. The maximum Gasteiger partial charge on any atom is 0.230 e.